The van der Waals surface area contributed by atoms with Gasteiger partial charge in [-0.2, -0.15) is 0 Å². The fourth-order valence-corrected chi connectivity index (χ4v) is 5.27. The predicted octanol–water partition coefficient (Wildman–Crippen LogP) is 3.98. The normalized spacial score (nSPS) is 11.5. The number of hydrogen-bond acceptors (Lipinski definition) is 3. The van der Waals surface area contributed by atoms with E-state index in [1.165, 1.54) is 11.3 Å². The topological polar surface area (TPSA) is 43.1 Å². The molecule has 0 aliphatic carbocycles. The van der Waals surface area contributed by atoms with Crippen LogP contribution in [0.2, 0.25) is 0 Å². The molecule has 0 aliphatic rings. The lowest BCUT2D eigenvalue weighted by Gasteiger charge is -2.05. The molecule has 0 spiro atoms. The molecule has 0 unspecified atom stereocenters. The van der Waals surface area contributed by atoms with Crippen LogP contribution in [0.4, 0.5) is 5.69 Å². The Morgan fingerprint density at radius 3 is 2.55 bits per heavy atom. The number of thiophene rings is 1. The number of hydrogen-bond donors (Lipinski definition) is 0. The lowest BCUT2D eigenvalue weighted by molar-refractivity contribution is -0.383. The van der Waals surface area contributed by atoms with E-state index in [9.17, 15) is 10.1 Å². The molecule has 1 aromatic heterocycles. The van der Waals surface area contributed by atoms with Crippen molar-refractivity contribution in [3.63, 3.8) is 0 Å². The Morgan fingerprint density at radius 2 is 1.82 bits per heavy atom. The van der Waals surface area contributed by atoms with Gasteiger partial charge in [0.25, 0.3) is 0 Å². The fourth-order valence-electron chi connectivity index (χ4n) is 2.93. The fraction of sp³-hybridized carbons (Fsp3) is 0. The molecule has 0 saturated heterocycles. The van der Waals surface area contributed by atoms with E-state index in [0.29, 0.717) is 3.57 Å². The van der Waals surface area contributed by atoms with Crippen molar-refractivity contribution in [3.8, 4) is 0 Å². The second kappa shape index (κ2) is 4.92. The first-order valence-corrected chi connectivity index (χ1v) is 8.65. The summed E-state index contributed by atoms with van der Waals surface area (Å²) in [5, 5.41) is 15.8. The summed E-state index contributed by atoms with van der Waals surface area (Å²) in [6.45, 7) is 0. The van der Waals surface area contributed by atoms with Crippen molar-refractivity contribution in [2.45, 2.75) is 0 Å². The lowest BCUT2D eigenvalue weighted by atomic mass is 9.93. The van der Waals surface area contributed by atoms with Gasteiger partial charge in [0.1, 0.15) is 16.1 Å². The van der Waals surface area contributed by atoms with Gasteiger partial charge >= 0.3 is 5.69 Å². The molecule has 106 valence electrons. The zero-order valence-electron chi connectivity index (χ0n) is 11.6. The van der Waals surface area contributed by atoms with Gasteiger partial charge in [-0.25, -0.2) is 0 Å². The molecule has 1 heterocycles. The predicted molar refractivity (Wildman–Crippen MR) is 104 cm³/mol. The third-order valence-corrected chi connectivity index (χ3v) is 6.15. The second-order valence-corrected chi connectivity index (χ2v) is 7.40. The van der Waals surface area contributed by atoms with Crippen LogP contribution < -0.4 is 5.46 Å². The molecule has 4 rings (SSSR count). The van der Waals surface area contributed by atoms with E-state index in [1.54, 1.807) is 0 Å². The first kappa shape index (κ1) is 14.0. The van der Waals surface area contributed by atoms with Crippen molar-refractivity contribution in [2.75, 3.05) is 0 Å². The maximum absolute atomic E-state index is 11.6. The van der Waals surface area contributed by atoms with E-state index < -0.39 is 0 Å². The Labute approximate surface area is 144 Å². The number of benzene rings is 3. The summed E-state index contributed by atoms with van der Waals surface area (Å²) in [6.07, 6.45) is 0. The van der Waals surface area contributed by atoms with Gasteiger partial charge in [0.05, 0.1) is 4.92 Å². The van der Waals surface area contributed by atoms with Gasteiger partial charge in [0, 0.05) is 20.9 Å². The number of nitro groups is 1. The Balaban J connectivity index is 2.40. The summed E-state index contributed by atoms with van der Waals surface area (Å²) in [7, 11) is 2.05. The Morgan fingerprint density at radius 1 is 1.09 bits per heavy atom. The van der Waals surface area contributed by atoms with E-state index in [4.69, 9.17) is 0 Å². The highest BCUT2D eigenvalue weighted by Crippen LogP contribution is 2.45. The van der Waals surface area contributed by atoms with E-state index in [0.717, 1.165) is 36.4 Å². The summed E-state index contributed by atoms with van der Waals surface area (Å²) >= 11 is 3.61. The van der Waals surface area contributed by atoms with Crippen LogP contribution >= 0.6 is 33.9 Å². The molecule has 3 nitrogen and oxygen atoms in total. The third-order valence-electron chi connectivity index (χ3n) is 3.88. The van der Waals surface area contributed by atoms with Crippen molar-refractivity contribution in [3.05, 3.63) is 56.1 Å². The molecular formula is C16H9BINO2S. The number of halogens is 1. The third kappa shape index (κ3) is 1.87. The highest BCUT2D eigenvalue weighted by molar-refractivity contribution is 14.1. The van der Waals surface area contributed by atoms with Gasteiger partial charge in [-0.1, -0.05) is 41.9 Å². The summed E-state index contributed by atoms with van der Waals surface area (Å²) in [4.78, 5) is 11.4. The summed E-state index contributed by atoms with van der Waals surface area (Å²) in [6, 6.07) is 14.2. The molecule has 22 heavy (non-hydrogen) atoms. The number of rotatable bonds is 1. The molecule has 0 bridgehead atoms. The summed E-state index contributed by atoms with van der Waals surface area (Å²) in [5.41, 5.74) is 1.39. The van der Waals surface area contributed by atoms with Crippen molar-refractivity contribution in [1.82, 2.24) is 0 Å². The molecule has 0 atom stereocenters. The second-order valence-electron chi connectivity index (χ2n) is 5.27. The standard InChI is InChI=1S/C16H9BINO2S/c17-8-5-6-12-11(7-8)13-9-3-1-2-4-10(9)14(18)15(19(20)21)16(13)22-12/h1-7H,17H2. The number of nitrogens with zero attached hydrogens (tertiary/aromatic N) is 1. The van der Waals surface area contributed by atoms with Crippen LogP contribution in [0.25, 0.3) is 30.9 Å². The van der Waals surface area contributed by atoms with Gasteiger partial charge in [-0.15, -0.1) is 11.3 Å². The largest absolute Gasteiger partial charge is 0.300 e. The minimum Gasteiger partial charge on any atom is -0.258 e. The molecule has 6 heteroatoms. The number of fused-ring (bicyclic) bond motifs is 5. The van der Waals surface area contributed by atoms with E-state index in [2.05, 4.69) is 46.9 Å². The minimum absolute atomic E-state index is 0.230. The van der Waals surface area contributed by atoms with Crippen molar-refractivity contribution < 1.29 is 4.92 Å². The molecular weight excluding hydrogens is 408 g/mol. The van der Waals surface area contributed by atoms with E-state index in [-0.39, 0.29) is 10.6 Å². The average Bonchev–Trinajstić information content (AvgIpc) is 2.85. The van der Waals surface area contributed by atoms with Gasteiger partial charge < -0.3 is 0 Å². The molecule has 0 N–H and O–H groups in total. The minimum atomic E-state index is -0.251. The summed E-state index contributed by atoms with van der Waals surface area (Å²) < 4.78 is 2.58. The van der Waals surface area contributed by atoms with Gasteiger partial charge in [-0.3, -0.25) is 10.1 Å². The zero-order valence-corrected chi connectivity index (χ0v) is 14.6. The van der Waals surface area contributed by atoms with Crippen LogP contribution in [0, 0.1) is 13.7 Å². The maximum Gasteiger partial charge on any atom is 0.300 e. The first-order valence-electron chi connectivity index (χ1n) is 6.75. The van der Waals surface area contributed by atoms with Crippen LogP contribution in [0.1, 0.15) is 0 Å². The molecule has 0 radical (unpaired) electrons. The highest BCUT2D eigenvalue weighted by atomic mass is 127. The van der Waals surface area contributed by atoms with Crippen molar-refractivity contribution >= 4 is 83.9 Å². The Hall–Kier alpha value is -1.67. The van der Waals surface area contributed by atoms with Gasteiger partial charge in [0.15, 0.2) is 0 Å². The van der Waals surface area contributed by atoms with Gasteiger partial charge in [-0.05, 0) is 34.0 Å². The quantitative estimate of drug-likeness (QED) is 0.204. The molecule has 0 saturated carbocycles. The SMILES string of the molecule is Bc1ccc2sc3c([N+](=O)[O-])c(I)c4ccccc4c3c2c1. The Bertz CT molecular complexity index is 1090. The van der Waals surface area contributed by atoms with Crippen LogP contribution in [-0.4, -0.2) is 12.8 Å². The van der Waals surface area contributed by atoms with Crippen LogP contribution in [0.5, 0.6) is 0 Å². The van der Waals surface area contributed by atoms with Crippen molar-refractivity contribution in [1.29, 1.82) is 0 Å². The monoisotopic (exact) mass is 417 g/mol. The average molecular weight is 417 g/mol. The van der Waals surface area contributed by atoms with Gasteiger partial charge in [0.2, 0.25) is 0 Å². The van der Waals surface area contributed by atoms with Crippen LogP contribution in [-0.2, 0) is 0 Å². The van der Waals surface area contributed by atoms with Crippen LogP contribution in [0.3, 0.4) is 0 Å². The molecule has 0 amide bonds. The molecule has 0 fully saturated rings. The maximum atomic E-state index is 11.6. The lowest BCUT2D eigenvalue weighted by Crippen LogP contribution is -1.98. The highest BCUT2D eigenvalue weighted by Gasteiger charge is 2.24. The van der Waals surface area contributed by atoms with E-state index in [1.807, 2.05) is 26.0 Å². The Kier molecular flexibility index (Phi) is 3.12. The number of nitro benzene ring substituents is 1. The molecule has 3 aromatic carbocycles. The summed E-state index contributed by atoms with van der Waals surface area (Å²) in [5.74, 6) is 0. The smallest absolute Gasteiger partial charge is 0.258 e. The van der Waals surface area contributed by atoms with Crippen LogP contribution in [0.15, 0.2) is 42.5 Å². The zero-order chi connectivity index (χ0) is 15.4. The van der Waals surface area contributed by atoms with E-state index >= 15 is 0 Å². The van der Waals surface area contributed by atoms with Crippen molar-refractivity contribution in [2.24, 2.45) is 0 Å². The molecule has 0 aliphatic heterocycles. The first-order chi connectivity index (χ1) is 10.6. The molecule has 4 aromatic rings.